The van der Waals surface area contributed by atoms with E-state index in [0.717, 1.165) is 44.4 Å². The summed E-state index contributed by atoms with van der Waals surface area (Å²) in [7, 11) is 0. The average molecular weight is 688 g/mol. The molecule has 0 saturated heterocycles. The summed E-state index contributed by atoms with van der Waals surface area (Å²) in [6, 6.07) is 72.2. The van der Waals surface area contributed by atoms with Crippen LogP contribution in [0.2, 0.25) is 0 Å². The zero-order valence-corrected chi connectivity index (χ0v) is 29.4. The third-order valence-electron chi connectivity index (χ3n) is 11.0. The van der Waals surface area contributed by atoms with Gasteiger partial charge in [-0.2, -0.15) is 0 Å². The van der Waals surface area contributed by atoms with E-state index >= 15 is 0 Å². The van der Waals surface area contributed by atoms with E-state index in [4.69, 9.17) is 4.42 Å². The van der Waals surface area contributed by atoms with Gasteiger partial charge in [0.15, 0.2) is 0 Å². The number of hydrogen-bond acceptors (Lipinski definition) is 2. The predicted molar refractivity (Wildman–Crippen MR) is 229 cm³/mol. The van der Waals surface area contributed by atoms with Crippen LogP contribution in [0.25, 0.3) is 87.3 Å². The lowest BCUT2D eigenvalue weighted by atomic mass is 9.85. The van der Waals surface area contributed by atoms with Crippen LogP contribution in [0.15, 0.2) is 205 Å². The first kappa shape index (κ1) is 30.5. The molecular weight excluding hydrogens is 655 g/mol. The molecule has 2 heteroatoms. The lowest BCUT2D eigenvalue weighted by Gasteiger charge is -2.28. The van der Waals surface area contributed by atoms with E-state index in [9.17, 15) is 0 Å². The van der Waals surface area contributed by atoms with E-state index < -0.39 is 0 Å². The van der Waals surface area contributed by atoms with E-state index in [1.54, 1.807) is 0 Å². The highest BCUT2D eigenvalue weighted by atomic mass is 16.3. The molecule has 0 fully saturated rings. The molecule has 0 aliphatic heterocycles. The van der Waals surface area contributed by atoms with Crippen LogP contribution in [0, 0.1) is 0 Å². The zero-order chi connectivity index (χ0) is 35.6. The molecule has 0 amide bonds. The summed E-state index contributed by atoms with van der Waals surface area (Å²) in [4.78, 5) is 2.41. The van der Waals surface area contributed by atoms with Crippen molar-refractivity contribution in [1.82, 2.24) is 0 Å². The number of fused-ring (bicyclic) bond motifs is 9. The first-order valence-corrected chi connectivity index (χ1v) is 18.5. The van der Waals surface area contributed by atoms with E-state index in [-0.39, 0.29) is 0 Å². The van der Waals surface area contributed by atoms with Gasteiger partial charge in [0, 0.05) is 21.8 Å². The quantitative estimate of drug-likeness (QED) is 0.168. The summed E-state index contributed by atoms with van der Waals surface area (Å²) < 4.78 is 6.70. The molecule has 0 spiro atoms. The van der Waals surface area contributed by atoms with Gasteiger partial charge in [0.25, 0.3) is 0 Å². The normalized spacial score (nSPS) is 11.7. The van der Waals surface area contributed by atoms with Crippen LogP contribution in [0.1, 0.15) is 0 Å². The number of furan rings is 1. The first-order chi connectivity index (χ1) is 26.8. The van der Waals surface area contributed by atoms with Crippen LogP contribution in [0.5, 0.6) is 0 Å². The van der Waals surface area contributed by atoms with Crippen molar-refractivity contribution in [3.63, 3.8) is 0 Å². The molecule has 0 bridgehead atoms. The minimum absolute atomic E-state index is 0.871. The van der Waals surface area contributed by atoms with Crippen molar-refractivity contribution in [1.29, 1.82) is 0 Å². The van der Waals surface area contributed by atoms with Gasteiger partial charge in [0.2, 0.25) is 0 Å². The number of nitrogens with zero attached hydrogens (tertiary/aromatic N) is 1. The van der Waals surface area contributed by atoms with Gasteiger partial charge < -0.3 is 9.32 Å². The van der Waals surface area contributed by atoms with Gasteiger partial charge >= 0.3 is 0 Å². The second-order valence-electron chi connectivity index (χ2n) is 14.0. The molecule has 11 aromatic rings. The third kappa shape index (κ3) is 4.67. The van der Waals surface area contributed by atoms with Crippen LogP contribution in [0.4, 0.5) is 17.1 Å². The highest BCUT2D eigenvalue weighted by molar-refractivity contribution is 6.22. The topological polar surface area (TPSA) is 16.4 Å². The molecule has 0 atom stereocenters. The highest BCUT2D eigenvalue weighted by Crippen LogP contribution is 2.48. The van der Waals surface area contributed by atoms with Crippen molar-refractivity contribution in [2.45, 2.75) is 0 Å². The number of benzene rings is 10. The molecule has 10 aromatic carbocycles. The summed E-state index contributed by atoms with van der Waals surface area (Å²) in [5.74, 6) is 0. The third-order valence-corrected chi connectivity index (χ3v) is 11.0. The Bertz CT molecular complexity index is 3210. The van der Waals surface area contributed by atoms with Crippen LogP contribution in [-0.4, -0.2) is 0 Å². The van der Waals surface area contributed by atoms with Crippen molar-refractivity contribution >= 4 is 82.1 Å². The molecule has 1 aromatic heterocycles. The second-order valence-corrected chi connectivity index (χ2v) is 14.0. The fraction of sp³-hybridized carbons (Fsp3) is 0. The Kier molecular flexibility index (Phi) is 6.90. The molecule has 11 rings (SSSR count). The van der Waals surface area contributed by atoms with Gasteiger partial charge in [-0.15, -0.1) is 0 Å². The van der Waals surface area contributed by atoms with Gasteiger partial charge in [-0.25, -0.2) is 0 Å². The van der Waals surface area contributed by atoms with Crippen molar-refractivity contribution in [2.75, 3.05) is 4.90 Å². The smallest absolute Gasteiger partial charge is 0.143 e. The Morgan fingerprint density at radius 2 is 0.833 bits per heavy atom. The Labute approximate surface area is 312 Å². The maximum absolute atomic E-state index is 6.70. The molecule has 0 unspecified atom stereocenters. The summed E-state index contributed by atoms with van der Waals surface area (Å²) in [6.45, 7) is 0. The number of hydrogen-bond donors (Lipinski definition) is 0. The van der Waals surface area contributed by atoms with Crippen molar-refractivity contribution in [2.24, 2.45) is 0 Å². The largest absolute Gasteiger partial charge is 0.455 e. The van der Waals surface area contributed by atoms with Crippen molar-refractivity contribution in [3.05, 3.63) is 200 Å². The Morgan fingerprint density at radius 1 is 0.315 bits per heavy atom. The molecular formula is C52H33NO. The minimum Gasteiger partial charge on any atom is -0.455 e. The molecule has 2 nitrogen and oxygen atoms in total. The number of rotatable bonds is 5. The van der Waals surface area contributed by atoms with Gasteiger partial charge in [-0.1, -0.05) is 164 Å². The van der Waals surface area contributed by atoms with Gasteiger partial charge in [-0.05, 0) is 91.0 Å². The molecule has 0 N–H and O–H groups in total. The van der Waals surface area contributed by atoms with E-state index in [1.165, 1.54) is 60.0 Å². The second kappa shape index (κ2) is 12.2. The summed E-state index contributed by atoms with van der Waals surface area (Å²) >= 11 is 0. The molecule has 252 valence electrons. The fourth-order valence-corrected chi connectivity index (χ4v) is 8.66. The van der Waals surface area contributed by atoms with Gasteiger partial charge in [0.1, 0.15) is 11.2 Å². The van der Waals surface area contributed by atoms with Gasteiger partial charge in [0.05, 0.1) is 16.8 Å². The van der Waals surface area contributed by atoms with Gasteiger partial charge in [-0.3, -0.25) is 0 Å². The molecule has 0 aliphatic carbocycles. The molecule has 0 saturated carbocycles. The maximum atomic E-state index is 6.70. The standard InChI is InChI=1S/C52H33NO/c1-2-16-36(17-3-1)49-43-23-10-8-21-41(43)42-22-9-11-24-44(42)50(49)37-28-31-38(32-29-37)53(46-25-12-18-34-14-4-6-19-39(34)46)47-26-13-27-48-51(47)45-33-30-35-15-5-7-20-40(35)52(45)54-48/h1-33H. The fourth-order valence-electron chi connectivity index (χ4n) is 8.66. The lowest BCUT2D eigenvalue weighted by molar-refractivity contribution is 0.672. The van der Waals surface area contributed by atoms with Crippen LogP contribution in [-0.2, 0) is 0 Å². The van der Waals surface area contributed by atoms with Crippen LogP contribution < -0.4 is 4.90 Å². The van der Waals surface area contributed by atoms with E-state index in [2.05, 4.69) is 205 Å². The molecule has 0 radical (unpaired) electrons. The Hall–Kier alpha value is -7.16. The van der Waals surface area contributed by atoms with Crippen LogP contribution in [0.3, 0.4) is 0 Å². The van der Waals surface area contributed by atoms with Crippen molar-refractivity contribution < 1.29 is 4.42 Å². The highest BCUT2D eigenvalue weighted by Gasteiger charge is 2.23. The Morgan fingerprint density at radius 3 is 1.54 bits per heavy atom. The summed E-state index contributed by atoms with van der Waals surface area (Å²) in [5, 5.41) is 11.9. The SMILES string of the molecule is c1ccc(-c2c(-c3ccc(N(c4cccc5ccccc45)c4cccc5oc6c7ccccc7ccc6c45)cc3)c3ccccc3c3ccccc23)cc1. The summed E-state index contributed by atoms with van der Waals surface area (Å²) in [6.07, 6.45) is 0. The predicted octanol–water partition coefficient (Wildman–Crippen LogP) is 15.0. The lowest BCUT2D eigenvalue weighted by Crippen LogP contribution is -2.11. The first-order valence-electron chi connectivity index (χ1n) is 18.5. The summed E-state index contributed by atoms with van der Waals surface area (Å²) in [5.41, 5.74) is 9.94. The maximum Gasteiger partial charge on any atom is 0.143 e. The zero-order valence-electron chi connectivity index (χ0n) is 29.4. The van der Waals surface area contributed by atoms with Crippen LogP contribution >= 0.6 is 0 Å². The molecule has 0 aliphatic rings. The Balaban J connectivity index is 1.18. The van der Waals surface area contributed by atoms with E-state index in [0.29, 0.717) is 0 Å². The number of anilines is 3. The van der Waals surface area contributed by atoms with E-state index in [1.807, 2.05) is 0 Å². The minimum atomic E-state index is 0.871. The van der Waals surface area contributed by atoms with Crippen molar-refractivity contribution in [3.8, 4) is 22.3 Å². The molecule has 54 heavy (non-hydrogen) atoms. The average Bonchev–Trinajstić information content (AvgIpc) is 3.64. The molecule has 1 heterocycles. The monoisotopic (exact) mass is 687 g/mol.